The van der Waals surface area contributed by atoms with Crippen LogP contribution in [-0.2, 0) is 6.42 Å². The number of anilines is 2. The largest absolute Gasteiger partial charge is 0.382 e. The van der Waals surface area contributed by atoms with Gasteiger partial charge in [0.25, 0.3) is 0 Å². The number of hydrogen-bond acceptors (Lipinski definition) is 6. The quantitative estimate of drug-likeness (QED) is 0.360. The van der Waals surface area contributed by atoms with E-state index >= 15 is 0 Å². The van der Waals surface area contributed by atoms with Gasteiger partial charge in [-0.3, -0.25) is 5.10 Å². The first-order valence-electron chi connectivity index (χ1n) is 10.2. The third kappa shape index (κ3) is 4.41. The first-order valence-corrected chi connectivity index (χ1v) is 10.2. The van der Waals surface area contributed by atoms with Crippen molar-refractivity contribution in [2.24, 2.45) is 0 Å². The smallest absolute Gasteiger partial charge is 0.153 e. The summed E-state index contributed by atoms with van der Waals surface area (Å²) in [6.45, 7) is 4.00. The highest BCUT2D eigenvalue weighted by molar-refractivity contribution is 5.91. The Balaban J connectivity index is 1.40. The van der Waals surface area contributed by atoms with Crippen LogP contribution in [0.25, 0.3) is 22.2 Å². The number of aromatic nitrogens is 4. The molecule has 0 radical (unpaired) electrons. The molecule has 4 rings (SSSR count). The molecule has 0 amide bonds. The molecule has 0 fully saturated rings. The van der Waals surface area contributed by atoms with Crippen LogP contribution in [-0.4, -0.2) is 40.5 Å². The highest BCUT2D eigenvalue weighted by Crippen LogP contribution is 2.25. The van der Waals surface area contributed by atoms with Gasteiger partial charge in [-0.1, -0.05) is 37.3 Å². The van der Waals surface area contributed by atoms with Crippen LogP contribution in [0.5, 0.6) is 0 Å². The molecule has 1 atom stereocenters. The van der Waals surface area contributed by atoms with Gasteiger partial charge in [-0.25, -0.2) is 0 Å². The maximum Gasteiger partial charge on any atom is 0.153 e. The van der Waals surface area contributed by atoms with Gasteiger partial charge in [0.1, 0.15) is 5.82 Å². The fourth-order valence-corrected chi connectivity index (χ4v) is 3.47. The monoisotopic (exact) mass is 401 g/mol. The van der Waals surface area contributed by atoms with E-state index in [1.54, 1.807) is 0 Å². The van der Waals surface area contributed by atoms with Crippen molar-refractivity contribution < 1.29 is 0 Å². The van der Waals surface area contributed by atoms with Crippen LogP contribution in [0, 0.1) is 0 Å². The van der Waals surface area contributed by atoms with Gasteiger partial charge in [-0.05, 0) is 61.3 Å². The van der Waals surface area contributed by atoms with Crippen LogP contribution in [0.4, 0.5) is 11.6 Å². The molecule has 0 aliphatic carbocycles. The molecule has 0 bridgehead atoms. The lowest BCUT2D eigenvalue weighted by atomic mass is 9.98. The van der Waals surface area contributed by atoms with Gasteiger partial charge in [0, 0.05) is 17.5 Å². The minimum Gasteiger partial charge on any atom is -0.382 e. The predicted molar refractivity (Wildman–Crippen MR) is 123 cm³/mol. The topological polar surface area (TPSA) is 105 Å². The molecule has 30 heavy (non-hydrogen) atoms. The van der Waals surface area contributed by atoms with Crippen LogP contribution in [0.2, 0.25) is 0 Å². The third-order valence-electron chi connectivity index (χ3n) is 5.33. The number of nitrogens with one attached hydrogen (secondary N) is 3. The average molecular weight is 402 g/mol. The number of hydrogen-bond donors (Lipinski definition) is 4. The fourth-order valence-electron chi connectivity index (χ4n) is 3.47. The maximum absolute atomic E-state index is 5.90. The summed E-state index contributed by atoms with van der Waals surface area (Å²) in [7, 11) is 1.98. The molecule has 7 nitrogen and oxygen atoms in total. The molecule has 0 saturated carbocycles. The van der Waals surface area contributed by atoms with Crippen molar-refractivity contribution in [2.45, 2.75) is 19.3 Å². The summed E-state index contributed by atoms with van der Waals surface area (Å²) < 4.78 is 0. The SMILES string of the molecule is CNCCc1cccc(C(C)CNc2ccc(-c3ccc4[nH]nc(N)c4c3)nn2)c1. The second-order valence-electron chi connectivity index (χ2n) is 7.55. The summed E-state index contributed by atoms with van der Waals surface area (Å²) >= 11 is 0. The van der Waals surface area contributed by atoms with Crippen molar-refractivity contribution in [3.05, 3.63) is 65.7 Å². The Kier molecular flexibility index (Phi) is 5.90. The highest BCUT2D eigenvalue weighted by Gasteiger charge is 2.09. The Hall–Kier alpha value is -3.45. The summed E-state index contributed by atoms with van der Waals surface area (Å²) in [5, 5.41) is 23.2. The van der Waals surface area contributed by atoms with Crippen LogP contribution in [0.3, 0.4) is 0 Å². The first-order chi connectivity index (χ1) is 14.6. The Bertz CT molecular complexity index is 1120. The van der Waals surface area contributed by atoms with Crippen molar-refractivity contribution in [2.75, 3.05) is 31.2 Å². The van der Waals surface area contributed by atoms with Crippen molar-refractivity contribution in [3.63, 3.8) is 0 Å². The Morgan fingerprint density at radius 1 is 1.07 bits per heavy atom. The lowest BCUT2D eigenvalue weighted by Crippen LogP contribution is -2.13. The zero-order valence-corrected chi connectivity index (χ0v) is 17.3. The lowest BCUT2D eigenvalue weighted by molar-refractivity contribution is 0.777. The van der Waals surface area contributed by atoms with Crippen molar-refractivity contribution in [1.29, 1.82) is 0 Å². The van der Waals surface area contributed by atoms with Gasteiger partial charge in [0.05, 0.1) is 11.2 Å². The number of nitrogens with zero attached hydrogens (tertiary/aromatic N) is 3. The Morgan fingerprint density at radius 2 is 1.97 bits per heavy atom. The molecule has 2 aromatic heterocycles. The molecular weight excluding hydrogens is 374 g/mol. The molecule has 154 valence electrons. The van der Waals surface area contributed by atoms with Gasteiger partial charge in [-0.15, -0.1) is 10.2 Å². The number of H-pyrrole nitrogens is 1. The highest BCUT2D eigenvalue weighted by atomic mass is 15.2. The van der Waals surface area contributed by atoms with Crippen LogP contribution >= 0.6 is 0 Å². The molecule has 0 aliphatic rings. The second kappa shape index (κ2) is 8.92. The van der Waals surface area contributed by atoms with Gasteiger partial charge in [-0.2, -0.15) is 5.10 Å². The molecule has 2 heterocycles. The number of fused-ring (bicyclic) bond motifs is 1. The summed E-state index contributed by atoms with van der Waals surface area (Å²) in [6, 6.07) is 18.6. The zero-order valence-electron chi connectivity index (χ0n) is 17.3. The molecule has 7 heteroatoms. The number of benzene rings is 2. The molecule has 4 aromatic rings. The summed E-state index contributed by atoms with van der Waals surface area (Å²) in [4.78, 5) is 0. The number of nitrogen functional groups attached to an aromatic ring is 1. The number of likely N-dealkylation sites (N-methyl/N-ethyl adjacent to an activating group) is 1. The molecule has 0 spiro atoms. The molecule has 0 saturated heterocycles. The summed E-state index contributed by atoms with van der Waals surface area (Å²) in [6.07, 6.45) is 1.04. The lowest BCUT2D eigenvalue weighted by Gasteiger charge is -2.15. The van der Waals surface area contributed by atoms with E-state index in [0.29, 0.717) is 11.7 Å². The summed E-state index contributed by atoms with van der Waals surface area (Å²) in [5.74, 6) is 1.62. The van der Waals surface area contributed by atoms with E-state index in [1.165, 1.54) is 11.1 Å². The normalized spacial score (nSPS) is 12.2. The van der Waals surface area contributed by atoms with Crippen LogP contribution in [0.15, 0.2) is 54.6 Å². The van der Waals surface area contributed by atoms with E-state index in [1.807, 2.05) is 37.4 Å². The average Bonchev–Trinajstić information content (AvgIpc) is 3.16. The van der Waals surface area contributed by atoms with Gasteiger partial charge in [0.15, 0.2) is 5.82 Å². The minimum absolute atomic E-state index is 0.368. The number of nitrogens with two attached hydrogens (primary N) is 1. The van der Waals surface area contributed by atoms with E-state index in [2.05, 4.69) is 62.2 Å². The molecule has 1 unspecified atom stereocenters. The van der Waals surface area contributed by atoms with Gasteiger partial charge in [0.2, 0.25) is 0 Å². The maximum atomic E-state index is 5.90. The number of aromatic amines is 1. The van der Waals surface area contributed by atoms with E-state index < -0.39 is 0 Å². The van der Waals surface area contributed by atoms with Gasteiger partial charge >= 0.3 is 0 Å². The zero-order chi connectivity index (χ0) is 20.9. The Morgan fingerprint density at radius 3 is 2.77 bits per heavy atom. The fraction of sp³-hybridized carbons (Fsp3) is 0.261. The molecule has 2 aromatic carbocycles. The van der Waals surface area contributed by atoms with E-state index in [0.717, 1.165) is 47.5 Å². The van der Waals surface area contributed by atoms with Crippen molar-refractivity contribution >= 4 is 22.5 Å². The minimum atomic E-state index is 0.368. The predicted octanol–water partition coefficient (Wildman–Crippen LogP) is 3.58. The summed E-state index contributed by atoms with van der Waals surface area (Å²) in [5.41, 5.74) is 11.3. The molecule has 0 aliphatic heterocycles. The standard InChI is InChI=1S/C23H27N7/c1-15(17-5-3-4-16(12-17)10-11-25-2)14-26-22-9-8-20(27-29-22)18-6-7-21-19(13-18)23(24)30-28-21/h3-9,12-13,15,25H,10-11,14H2,1-2H3,(H,26,29)(H3,24,28,30). The molecule has 5 N–H and O–H groups in total. The van der Waals surface area contributed by atoms with Crippen LogP contribution < -0.4 is 16.4 Å². The third-order valence-corrected chi connectivity index (χ3v) is 5.33. The van der Waals surface area contributed by atoms with Crippen LogP contribution in [0.1, 0.15) is 24.0 Å². The van der Waals surface area contributed by atoms with E-state index in [-0.39, 0.29) is 0 Å². The second-order valence-corrected chi connectivity index (χ2v) is 7.55. The first kappa shape index (κ1) is 19.8. The van der Waals surface area contributed by atoms with Gasteiger partial charge < -0.3 is 16.4 Å². The molecular formula is C23H27N7. The van der Waals surface area contributed by atoms with Crippen molar-refractivity contribution in [1.82, 2.24) is 25.7 Å². The van der Waals surface area contributed by atoms with Crippen molar-refractivity contribution in [3.8, 4) is 11.3 Å². The van der Waals surface area contributed by atoms with E-state index in [9.17, 15) is 0 Å². The Labute approximate surface area is 176 Å². The number of rotatable bonds is 8. The van der Waals surface area contributed by atoms with E-state index in [4.69, 9.17) is 5.73 Å².